The molecule has 0 bridgehead atoms. The molecule has 0 atom stereocenters. The fourth-order valence-corrected chi connectivity index (χ4v) is 3.10. The van der Waals surface area contributed by atoms with E-state index in [0.717, 1.165) is 11.6 Å². The molecule has 0 radical (unpaired) electrons. The zero-order valence-corrected chi connectivity index (χ0v) is 10.9. The average molecular weight is 260 g/mol. The number of halogens is 2. The van der Waals surface area contributed by atoms with Gasteiger partial charge in [-0.25, -0.2) is 0 Å². The minimum absolute atomic E-state index is 0.706. The summed E-state index contributed by atoms with van der Waals surface area (Å²) in [6, 6.07) is 5.60. The zero-order valence-electron chi connectivity index (χ0n) is 8.55. The fourth-order valence-electron chi connectivity index (χ4n) is 1.53. The van der Waals surface area contributed by atoms with Gasteiger partial charge in [-0.1, -0.05) is 29.3 Å². The molecular formula is C11H11Cl2NS. The van der Waals surface area contributed by atoms with Crippen molar-refractivity contribution in [2.75, 3.05) is 10.8 Å². The molecule has 80 valence electrons. The number of thioether (sulfide) groups is 1. The normalized spacial score (nSPS) is 16.4. The van der Waals surface area contributed by atoms with Crippen LogP contribution in [0, 0.1) is 0 Å². The van der Waals surface area contributed by atoms with E-state index in [1.807, 2.05) is 30.0 Å². The van der Waals surface area contributed by atoms with Crippen molar-refractivity contribution in [3.05, 3.63) is 38.8 Å². The summed E-state index contributed by atoms with van der Waals surface area (Å²) in [5, 5.41) is 1.41. The quantitative estimate of drug-likeness (QED) is 0.716. The van der Waals surface area contributed by atoms with Gasteiger partial charge in [-0.05, 0) is 26.0 Å². The second-order valence-corrected chi connectivity index (χ2v) is 5.39. The largest absolute Gasteiger partial charge is 0.332 e. The SMILES string of the molecule is CC1=C(C)N(c2c(Cl)cccc2Cl)CS1. The highest BCUT2D eigenvalue weighted by Gasteiger charge is 2.22. The Morgan fingerprint density at radius 3 is 2.27 bits per heavy atom. The van der Waals surface area contributed by atoms with E-state index in [-0.39, 0.29) is 0 Å². The highest BCUT2D eigenvalue weighted by atomic mass is 35.5. The number of anilines is 1. The van der Waals surface area contributed by atoms with Gasteiger partial charge in [0.1, 0.15) is 0 Å². The minimum atomic E-state index is 0.706. The van der Waals surface area contributed by atoms with Crippen LogP contribution in [0.15, 0.2) is 28.8 Å². The van der Waals surface area contributed by atoms with Crippen LogP contribution in [0.3, 0.4) is 0 Å². The number of allylic oxidation sites excluding steroid dienone is 2. The van der Waals surface area contributed by atoms with Gasteiger partial charge < -0.3 is 4.90 Å². The molecule has 0 saturated heterocycles. The lowest BCUT2D eigenvalue weighted by Crippen LogP contribution is -2.16. The van der Waals surface area contributed by atoms with E-state index in [9.17, 15) is 0 Å². The van der Waals surface area contributed by atoms with E-state index in [4.69, 9.17) is 23.2 Å². The summed E-state index contributed by atoms with van der Waals surface area (Å²) >= 11 is 14.1. The Balaban J connectivity index is 2.47. The summed E-state index contributed by atoms with van der Waals surface area (Å²) in [6.07, 6.45) is 0. The van der Waals surface area contributed by atoms with E-state index in [1.54, 1.807) is 0 Å². The molecular weight excluding hydrogens is 249 g/mol. The second-order valence-electron chi connectivity index (χ2n) is 3.41. The molecule has 15 heavy (non-hydrogen) atoms. The third-order valence-corrected chi connectivity index (χ3v) is 4.26. The number of nitrogens with zero attached hydrogens (tertiary/aromatic N) is 1. The van der Waals surface area contributed by atoms with Crippen molar-refractivity contribution in [3.63, 3.8) is 0 Å². The molecule has 4 heteroatoms. The Bertz CT molecular complexity index is 408. The van der Waals surface area contributed by atoms with Crippen molar-refractivity contribution in [1.29, 1.82) is 0 Å². The Morgan fingerprint density at radius 2 is 1.80 bits per heavy atom. The molecule has 0 aromatic heterocycles. The lowest BCUT2D eigenvalue weighted by atomic mass is 10.2. The van der Waals surface area contributed by atoms with Crippen LogP contribution < -0.4 is 4.90 Å². The lowest BCUT2D eigenvalue weighted by Gasteiger charge is -2.21. The van der Waals surface area contributed by atoms with E-state index in [2.05, 4.69) is 18.7 Å². The minimum Gasteiger partial charge on any atom is -0.332 e. The molecule has 1 nitrogen and oxygen atoms in total. The van der Waals surface area contributed by atoms with E-state index < -0.39 is 0 Å². The number of hydrogen-bond donors (Lipinski definition) is 0. The van der Waals surface area contributed by atoms with Gasteiger partial charge >= 0.3 is 0 Å². The van der Waals surface area contributed by atoms with Crippen LogP contribution >= 0.6 is 35.0 Å². The van der Waals surface area contributed by atoms with Crippen molar-refractivity contribution in [1.82, 2.24) is 0 Å². The first-order chi connectivity index (χ1) is 7.11. The van der Waals surface area contributed by atoms with Crippen molar-refractivity contribution >= 4 is 40.7 Å². The summed E-state index contributed by atoms with van der Waals surface area (Å²) in [5.74, 6) is 0.890. The maximum absolute atomic E-state index is 6.16. The lowest BCUT2D eigenvalue weighted by molar-refractivity contribution is 1.08. The van der Waals surface area contributed by atoms with Crippen LogP contribution in [0.2, 0.25) is 10.0 Å². The Labute approximate surface area is 104 Å². The topological polar surface area (TPSA) is 3.24 Å². The molecule has 0 saturated carbocycles. The van der Waals surface area contributed by atoms with Crippen LogP contribution in [0.25, 0.3) is 0 Å². The van der Waals surface area contributed by atoms with Gasteiger partial charge in [-0.15, -0.1) is 11.8 Å². The second kappa shape index (κ2) is 4.28. The van der Waals surface area contributed by atoms with Crippen molar-refractivity contribution in [3.8, 4) is 0 Å². The molecule has 0 unspecified atom stereocenters. The summed E-state index contributed by atoms with van der Waals surface area (Å²) in [7, 11) is 0. The van der Waals surface area contributed by atoms with Crippen LogP contribution in [0.5, 0.6) is 0 Å². The molecule has 1 aliphatic heterocycles. The van der Waals surface area contributed by atoms with Crippen LogP contribution in [0.1, 0.15) is 13.8 Å². The van der Waals surface area contributed by atoms with Crippen LogP contribution in [0.4, 0.5) is 5.69 Å². The number of benzene rings is 1. The smallest absolute Gasteiger partial charge is 0.0794 e. The predicted octanol–water partition coefficient (Wildman–Crippen LogP) is 4.76. The third kappa shape index (κ3) is 1.99. The standard InChI is InChI=1S/C11H11Cl2NS/c1-7-8(2)15-6-14(7)11-9(12)4-3-5-10(11)13/h3-5H,6H2,1-2H3. The number of rotatable bonds is 1. The average Bonchev–Trinajstić information content (AvgIpc) is 2.49. The molecule has 0 aliphatic carbocycles. The van der Waals surface area contributed by atoms with Gasteiger partial charge in [0.05, 0.1) is 21.6 Å². The monoisotopic (exact) mass is 259 g/mol. The molecule has 1 aromatic carbocycles. The molecule has 1 heterocycles. The molecule has 2 rings (SSSR count). The van der Waals surface area contributed by atoms with Crippen molar-refractivity contribution in [2.24, 2.45) is 0 Å². The van der Waals surface area contributed by atoms with Crippen molar-refractivity contribution in [2.45, 2.75) is 13.8 Å². The maximum Gasteiger partial charge on any atom is 0.0794 e. The molecule has 0 spiro atoms. The first kappa shape index (κ1) is 11.2. The predicted molar refractivity (Wildman–Crippen MR) is 69.8 cm³/mol. The van der Waals surface area contributed by atoms with Gasteiger partial charge in [-0.2, -0.15) is 0 Å². The van der Waals surface area contributed by atoms with Gasteiger partial charge in [-0.3, -0.25) is 0 Å². The van der Waals surface area contributed by atoms with Crippen LogP contribution in [-0.2, 0) is 0 Å². The summed E-state index contributed by atoms with van der Waals surface area (Å²) < 4.78 is 0. The van der Waals surface area contributed by atoms with Crippen LogP contribution in [-0.4, -0.2) is 5.88 Å². The highest BCUT2D eigenvalue weighted by Crippen LogP contribution is 2.41. The Kier molecular flexibility index (Phi) is 3.19. The number of hydrogen-bond acceptors (Lipinski definition) is 2. The van der Waals surface area contributed by atoms with E-state index >= 15 is 0 Å². The number of para-hydroxylation sites is 1. The Morgan fingerprint density at radius 1 is 1.20 bits per heavy atom. The molecule has 0 fully saturated rings. The Hall–Kier alpha value is -0.310. The summed E-state index contributed by atoms with van der Waals surface area (Å²) in [6.45, 7) is 4.21. The molecule has 1 aromatic rings. The first-order valence-corrected chi connectivity index (χ1v) is 6.37. The van der Waals surface area contributed by atoms with Gasteiger partial charge in [0.25, 0.3) is 0 Å². The van der Waals surface area contributed by atoms with Crippen molar-refractivity contribution < 1.29 is 0 Å². The summed E-state index contributed by atoms with van der Waals surface area (Å²) in [5.41, 5.74) is 2.15. The molecule has 0 N–H and O–H groups in total. The molecule has 1 aliphatic rings. The van der Waals surface area contributed by atoms with Gasteiger partial charge in [0, 0.05) is 10.6 Å². The van der Waals surface area contributed by atoms with E-state index in [0.29, 0.717) is 10.0 Å². The first-order valence-electron chi connectivity index (χ1n) is 4.63. The fraction of sp³-hybridized carbons (Fsp3) is 0.273. The molecule has 0 amide bonds. The van der Waals surface area contributed by atoms with E-state index in [1.165, 1.54) is 10.6 Å². The van der Waals surface area contributed by atoms with Gasteiger partial charge in [0.2, 0.25) is 0 Å². The van der Waals surface area contributed by atoms with Gasteiger partial charge in [0.15, 0.2) is 0 Å². The maximum atomic E-state index is 6.16. The highest BCUT2D eigenvalue weighted by molar-refractivity contribution is 8.03. The zero-order chi connectivity index (χ0) is 11.0. The summed E-state index contributed by atoms with van der Waals surface area (Å²) in [4.78, 5) is 3.48. The third-order valence-electron chi connectivity index (χ3n) is 2.53.